The molecule has 1 atom stereocenters. The molecule has 0 bridgehead atoms. The van der Waals surface area contributed by atoms with Gasteiger partial charge in [0.15, 0.2) is 0 Å². The normalized spacial score (nSPS) is 17.4. The summed E-state index contributed by atoms with van der Waals surface area (Å²) in [5.41, 5.74) is 4.94. The summed E-state index contributed by atoms with van der Waals surface area (Å²) in [4.78, 5) is 12.4. The molecule has 3 heterocycles. The molecule has 184 valence electrons. The third-order valence-electron chi connectivity index (χ3n) is 5.57. The van der Waals surface area contributed by atoms with Crippen LogP contribution in [0, 0.1) is 0 Å². The third-order valence-corrected chi connectivity index (χ3v) is 5.57. The summed E-state index contributed by atoms with van der Waals surface area (Å²) in [5.74, 6) is 0.280. The molecule has 1 aromatic carbocycles. The highest BCUT2D eigenvalue weighted by atomic mass is 19.4. The number of alkyl halides is 3. The number of aromatic nitrogens is 1. The lowest BCUT2D eigenvalue weighted by atomic mass is 9.97. The fraction of sp³-hybridized carbons (Fsp3) is 0.400. The van der Waals surface area contributed by atoms with Crippen molar-refractivity contribution in [2.75, 3.05) is 20.2 Å². The van der Waals surface area contributed by atoms with E-state index in [1.807, 2.05) is 39.0 Å². The molecule has 0 amide bonds. The fourth-order valence-electron chi connectivity index (χ4n) is 4.00. The van der Waals surface area contributed by atoms with Crippen molar-refractivity contribution in [3.8, 4) is 0 Å². The Balaban J connectivity index is 0.00000158. The first-order valence-corrected chi connectivity index (χ1v) is 11.5. The predicted octanol–water partition coefficient (Wildman–Crippen LogP) is 4.55. The van der Waals surface area contributed by atoms with E-state index in [0.717, 1.165) is 42.1 Å². The standard InChI is InChI=1S/C23H25F3N4O2.C2H6/c1-3-27-11-4-12-29-18-8-5-15(13-16(18)6-9-21(29)31)17-7-10-22(32-2)30-19(17)14-20(28-30)23(24,25)26;1-2/h5-10,13-14,20,27-28H,3-4,11-12H2,1-2H3;1-2H3. The van der Waals surface area contributed by atoms with Crippen LogP contribution in [0.4, 0.5) is 13.2 Å². The van der Waals surface area contributed by atoms with Crippen molar-refractivity contribution in [1.82, 2.24) is 20.3 Å². The number of benzene rings is 1. The van der Waals surface area contributed by atoms with Gasteiger partial charge in [0.05, 0.1) is 18.3 Å². The number of nitrogens with one attached hydrogen (secondary N) is 2. The van der Waals surface area contributed by atoms with E-state index in [1.54, 1.807) is 22.8 Å². The Hall–Kier alpha value is -3.04. The van der Waals surface area contributed by atoms with E-state index in [2.05, 4.69) is 10.7 Å². The minimum atomic E-state index is -4.43. The van der Waals surface area contributed by atoms with Gasteiger partial charge in [-0.25, -0.2) is 10.4 Å². The molecule has 0 saturated heterocycles. The second kappa shape index (κ2) is 10.9. The summed E-state index contributed by atoms with van der Waals surface area (Å²) in [6.45, 7) is 8.31. The van der Waals surface area contributed by atoms with E-state index in [9.17, 15) is 18.0 Å². The SMILES string of the molecule is CC.CCNCCCn1c(=O)ccc2cc(C3=CC=C(OC)N4NC(C(F)(F)F)C=C34)ccc21. The number of hydrazine groups is 1. The molecule has 0 fully saturated rings. The van der Waals surface area contributed by atoms with Crippen LogP contribution >= 0.6 is 0 Å². The molecule has 1 aromatic heterocycles. The monoisotopic (exact) mass is 476 g/mol. The molecule has 2 aliphatic heterocycles. The minimum absolute atomic E-state index is 0.0757. The van der Waals surface area contributed by atoms with Crippen molar-refractivity contribution in [1.29, 1.82) is 0 Å². The molecular weight excluding hydrogens is 445 g/mol. The van der Waals surface area contributed by atoms with Crippen LogP contribution in [0.15, 0.2) is 64.9 Å². The molecule has 34 heavy (non-hydrogen) atoms. The van der Waals surface area contributed by atoms with Crippen LogP contribution in [-0.2, 0) is 11.3 Å². The van der Waals surface area contributed by atoms with Gasteiger partial charge in [-0.1, -0.05) is 26.8 Å². The molecule has 1 unspecified atom stereocenters. The van der Waals surface area contributed by atoms with Gasteiger partial charge in [0.25, 0.3) is 5.56 Å². The van der Waals surface area contributed by atoms with E-state index in [4.69, 9.17) is 4.74 Å². The maximum Gasteiger partial charge on any atom is 0.409 e. The first-order valence-electron chi connectivity index (χ1n) is 11.5. The fourth-order valence-corrected chi connectivity index (χ4v) is 4.00. The molecule has 6 nitrogen and oxygen atoms in total. The van der Waals surface area contributed by atoms with Crippen molar-refractivity contribution < 1.29 is 17.9 Å². The topological polar surface area (TPSA) is 58.5 Å². The number of fused-ring (bicyclic) bond motifs is 2. The number of rotatable bonds is 7. The molecular formula is C25H31F3N4O2. The number of halogens is 3. The van der Waals surface area contributed by atoms with Crippen LogP contribution in [0.1, 0.15) is 32.8 Å². The van der Waals surface area contributed by atoms with Gasteiger partial charge in [-0.3, -0.25) is 4.79 Å². The van der Waals surface area contributed by atoms with Gasteiger partial charge in [-0.05, 0) is 60.8 Å². The summed E-state index contributed by atoms with van der Waals surface area (Å²) in [5, 5.41) is 5.41. The molecule has 0 aliphatic carbocycles. The van der Waals surface area contributed by atoms with Crippen LogP contribution in [0.25, 0.3) is 16.5 Å². The lowest BCUT2D eigenvalue weighted by Crippen LogP contribution is -2.44. The molecule has 2 N–H and O–H groups in total. The Morgan fingerprint density at radius 3 is 2.59 bits per heavy atom. The van der Waals surface area contributed by atoms with Gasteiger partial charge >= 0.3 is 6.18 Å². The maximum atomic E-state index is 13.4. The number of aryl methyl sites for hydroxylation is 1. The number of hydrogen-bond donors (Lipinski definition) is 2. The zero-order chi connectivity index (χ0) is 24.9. The summed E-state index contributed by atoms with van der Waals surface area (Å²) in [6, 6.07) is 7.05. The Labute approximate surface area is 197 Å². The first kappa shape index (κ1) is 25.6. The molecule has 0 radical (unpaired) electrons. The second-order valence-corrected chi connectivity index (χ2v) is 7.63. The van der Waals surface area contributed by atoms with Gasteiger partial charge in [0, 0.05) is 24.3 Å². The van der Waals surface area contributed by atoms with E-state index < -0.39 is 12.2 Å². The Kier molecular flexibility index (Phi) is 8.22. The lowest BCUT2D eigenvalue weighted by molar-refractivity contribution is -0.149. The number of allylic oxidation sites excluding steroid dienone is 3. The van der Waals surface area contributed by atoms with Gasteiger partial charge in [-0.2, -0.15) is 13.2 Å². The summed E-state index contributed by atoms with van der Waals surface area (Å²) in [6.07, 6.45) is 0.917. The summed E-state index contributed by atoms with van der Waals surface area (Å²) < 4.78 is 47.0. The number of nitrogens with zero attached hydrogens (tertiary/aromatic N) is 2. The van der Waals surface area contributed by atoms with Crippen molar-refractivity contribution >= 4 is 16.5 Å². The largest absolute Gasteiger partial charge is 0.481 e. The Morgan fingerprint density at radius 1 is 1.15 bits per heavy atom. The number of pyridine rings is 1. The molecule has 2 aliphatic rings. The van der Waals surface area contributed by atoms with Crippen LogP contribution < -0.4 is 16.3 Å². The number of methoxy groups -OCH3 is 1. The van der Waals surface area contributed by atoms with Crippen LogP contribution in [0.5, 0.6) is 0 Å². The van der Waals surface area contributed by atoms with E-state index >= 15 is 0 Å². The molecule has 9 heteroatoms. The number of hydrogen-bond acceptors (Lipinski definition) is 5. The van der Waals surface area contributed by atoms with Crippen molar-refractivity contribution in [2.45, 2.75) is 46.0 Å². The lowest BCUT2D eigenvalue weighted by Gasteiger charge is -2.29. The number of ether oxygens (including phenoxy) is 1. The van der Waals surface area contributed by atoms with Gasteiger partial charge < -0.3 is 14.6 Å². The average molecular weight is 477 g/mol. The molecule has 4 rings (SSSR count). The molecule has 2 aromatic rings. The smallest absolute Gasteiger partial charge is 0.409 e. The van der Waals surface area contributed by atoms with Crippen molar-refractivity contribution in [3.63, 3.8) is 0 Å². The predicted molar refractivity (Wildman–Crippen MR) is 129 cm³/mol. The van der Waals surface area contributed by atoms with Gasteiger partial charge in [0.2, 0.25) is 5.88 Å². The second-order valence-electron chi connectivity index (χ2n) is 7.63. The highest BCUT2D eigenvalue weighted by molar-refractivity contribution is 5.88. The van der Waals surface area contributed by atoms with E-state index in [0.29, 0.717) is 17.8 Å². The van der Waals surface area contributed by atoms with Crippen LogP contribution in [-0.4, -0.2) is 42.0 Å². The van der Waals surface area contributed by atoms with Gasteiger partial charge in [-0.15, -0.1) is 0 Å². The minimum Gasteiger partial charge on any atom is -0.481 e. The maximum absolute atomic E-state index is 13.4. The van der Waals surface area contributed by atoms with Crippen LogP contribution in [0.2, 0.25) is 0 Å². The summed E-state index contributed by atoms with van der Waals surface area (Å²) >= 11 is 0. The van der Waals surface area contributed by atoms with E-state index in [1.165, 1.54) is 18.2 Å². The highest BCUT2D eigenvalue weighted by Gasteiger charge is 2.45. The summed E-state index contributed by atoms with van der Waals surface area (Å²) in [7, 11) is 1.41. The van der Waals surface area contributed by atoms with Crippen LogP contribution in [0.3, 0.4) is 0 Å². The zero-order valence-electron chi connectivity index (χ0n) is 19.9. The molecule has 0 spiro atoms. The zero-order valence-corrected chi connectivity index (χ0v) is 19.9. The molecule has 0 saturated carbocycles. The van der Waals surface area contributed by atoms with E-state index in [-0.39, 0.29) is 11.4 Å². The highest BCUT2D eigenvalue weighted by Crippen LogP contribution is 2.38. The third kappa shape index (κ3) is 5.20. The quantitative estimate of drug-likeness (QED) is 0.575. The Morgan fingerprint density at radius 2 is 1.91 bits per heavy atom. The Bertz CT molecular complexity index is 1160. The average Bonchev–Trinajstić information content (AvgIpc) is 3.30. The van der Waals surface area contributed by atoms with Gasteiger partial charge in [0.1, 0.15) is 6.04 Å². The first-order chi connectivity index (χ1) is 16.3. The van der Waals surface area contributed by atoms with Crippen molar-refractivity contribution in [2.24, 2.45) is 0 Å². The van der Waals surface area contributed by atoms with Crippen molar-refractivity contribution in [3.05, 3.63) is 76.1 Å².